The Balaban J connectivity index is 2.06. The molecule has 2 rings (SSSR count). The fraction of sp³-hybridized carbons (Fsp3) is 0.294. The first kappa shape index (κ1) is 15.9. The van der Waals surface area contributed by atoms with Gasteiger partial charge in [0.15, 0.2) is 11.5 Å². The van der Waals surface area contributed by atoms with Gasteiger partial charge < -0.3 is 15.2 Å². The Morgan fingerprint density at radius 2 is 1.95 bits per heavy atom. The minimum absolute atomic E-state index is 0.177. The van der Waals surface area contributed by atoms with Gasteiger partial charge in [0.05, 0.1) is 6.61 Å². The van der Waals surface area contributed by atoms with E-state index in [9.17, 15) is 5.11 Å². The van der Waals surface area contributed by atoms with Crippen LogP contribution >= 0.6 is 15.9 Å². The molecule has 0 bridgehead atoms. The van der Waals surface area contributed by atoms with Gasteiger partial charge in [0.1, 0.15) is 0 Å². The van der Waals surface area contributed by atoms with Crippen LogP contribution in [0.2, 0.25) is 0 Å². The lowest BCUT2D eigenvalue weighted by Gasteiger charge is -2.17. The summed E-state index contributed by atoms with van der Waals surface area (Å²) in [5, 5.41) is 13.6. The van der Waals surface area contributed by atoms with E-state index >= 15 is 0 Å². The van der Waals surface area contributed by atoms with E-state index in [-0.39, 0.29) is 11.8 Å². The molecular weight excluding hydrogens is 330 g/mol. The van der Waals surface area contributed by atoms with E-state index in [1.807, 2.05) is 37.3 Å². The highest BCUT2D eigenvalue weighted by atomic mass is 79.9. The van der Waals surface area contributed by atoms with Gasteiger partial charge in [0.2, 0.25) is 0 Å². The minimum atomic E-state index is 0.177. The van der Waals surface area contributed by atoms with Crippen molar-refractivity contribution in [2.75, 3.05) is 6.61 Å². The van der Waals surface area contributed by atoms with Crippen LogP contribution in [0.5, 0.6) is 11.5 Å². The Hall–Kier alpha value is -1.52. The fourth-order valence-electron chi connectivity index (χ4n) is 2.18. The van der Waals surface area contributed by atoms with Crippen molar-refractivity contribution in [2.24, 2.45) is 0 Å². The molecule has 0 radical (unpaired) electrons. The van der Waals surface area contributed by atoms with Crippen molar-refractivity contribution in [3.05, 3.63) is 58.1 Å². The number of rotatable bonds is 6. The Labute approximate surface area is 134 Å². The van der Waals surface area contributed by atoms with Crippen molar-refractivity contribution in [3.63, 3.8) is 0 Å². The summed E-state index contributed by atoms with van der Waals surface area (Å²) >= 11 is 3.56. The molecule has 0 aliphatic rings. The number of aromatic hydroxyl groups is 1. The van der Waals surface area contributed by atoms with Gasteiger partial charge in [-0.15, -0.1) is 0 Å². The average molecular weight is 350 g/mol. The molecular formula is C17H20BrNO2. The minimum Gasteiger partial charge on any atom is -0.504 e. The first-order chi connectivity index (χ1) is 10.1. The maximum absolute atomic E-state index is 10.2. The van der Waals surface area contributed by atoms with Crippen molar-refractivity contribution in [3.8, 4) is 11.5 Å². The maximum atomic E-state index is 10.2. The highest BCUT2D eigenvalue weighted by Crippen LogP contribution is 2.30. The van der Waals surface area contributed by atoms with E-state index in [1.165, 1.54) is 5.56 Å². The zero-order chi connectivity index (χ0) is 15.2. The van der Waals surface area contributed by atoms with Crippen LogP contribution in [0.3, 0.4) is 0 Å². The van der Waals surface area contributed by atoms with Gasteiger partial charge in [-0.05, 0) is 31.5 Å². The Bertz CT molecular complexity index is 601. The van der Waals surface area contributed by atoms with Gasteiger partial charge in [-0.25, -0.2) is 0 Å². The van der Waals surface area contributed by atoms with Crippen LogP contribution in [0, 0.1) is 0 Å². The van der Waals surface area contributed by atoms with Gasteiger partial charge in [0.25, 0.3) is 0 Å². The predicted octanol–water partition coefficient (Wildman–Crippen LogP) is 4.40. The molecule has 1 atom stereocenters. The van der Waals surface area contributed by atoms with Crippen LogP contribution in [0.15, 0.2) is 46.9 Å². The number of ether oxygens (including phenoxy) is 1. The van der Waals surface area contributed by atoms with Crippen LogP contribution in [0.1, 0.15) is 31.0 Å². The van der Waals surface area contributed by atoms with Crippen LogP contribution < -0.4 is 10.1 Å². The third-order valence-corrected chi connectivity index (χ3v) is 4.08. The molecule has 0 unspecified atom stereocenters. The van der Waals surface area contributed by atoms with E-state index in [0.29, 0.717) is 18.9 Å². The lowest BCUT2D eigenvalue weighted by molar-refractivity contribution is 0.316. The van der Waals surface area contributed by atoms with E-state index in [2.05, 4.69) is 34.2 Å². The predicted molar refractivity (Wildman–Crippen MR) is 88.7 cm³/mol. The molecule has 0 aliphatic heterocycles. The number of phenolic OH excluding ortho intramolecular Hbond substituents is 1. The molecule has 0 amide bonds. The van der Waals surface area contributed by atoms with Crippen molar-refractivity contribution < 1.29 is 9.84 Å². The van der Waals surface area contributed by atoms with Crippen LogP contribution in [-0.2, 0) is 6.54 Å². The van der Waals surface area contributed by atoms with E-state index in [0.717, 1.165) is 10.0 Å². The fourth-order valence-corrected chi connectivity index (χ4v) is 2.81. The summed E-state index contributed by atoms with van der Waals surface area (Å²) in [7, 11) is 0. The van der Waals surface area contributed by atoms with E-state index in [4.69, 9.17) is 4.74 Å². The second-order valence-electron chi connectivity index (χ2n) is 4.82. The van der Waals surface area contributed by atoms with Gasteiger partial charge in [-0.1, -0.05) is 46.3 Å². The lowest BCUT2D eigenvalue weighted by Crippen LogP contribution is -2.18. The zero-order valence-corrected chi connectivity index (χ0v) is 13.9. The summed E-state index contributed by atoms with van der Waals surface area (Å²) in [6, 6.07) is 13.9. The third-order valence-electron chi connectivity index (χ3n) is 3.35. The van der Waals surface area contributed by atoms with Crippen molar-refractivity contribution >= 4 is 15.9 Å². The Morgan fingerprint density at radius 3 is 2.67 bits per heavy atom. The highest BCUT2D eigenvalue weighted by Gasteiger charge is 2.11. The van der Waals surface area contributed by atoms with Crippen LogP contribution in [-0.4, -0.2) is 11.7 Å². The van der Waals surface area contributed by atoms with Crippen molar-refractivity contribution in [2.45, 2.75) is 26.4 Å². The third kappa shape index (κ3) is 3.99. The number of nitrogens with one attached hydrogen (secondary N) is 1. The molecule has 112 valence electrons. The molecule has 4 heteroatoms. The normalized spacial score (nSPS) is 12.1. The SMILES string of the molecule is CCOc1cccc(CN[C@H](C)c2ccccc2Br)c1O. The smallest absolute Gasteiger partial charge is 0.162 e. The number of halogens is 1. The number of hydrogen-bond donors (Lipinski definition) is 2. The monoisotopic (exact) mass is 349 g/mol. The van der Waals surface area contributed by atoms with Crippen LogP contribution in [0.4, 0.5) is 0 Å². The number of phenols is 1. The molecule has 0 spiro atoms. The number of hydrogen-bond acceptors (Lipinski definition) is 3. The maximum Gasteiger partial charge on any atom is 0.162 e. The Kier molecular flexibility index (Phi) is 5.65. The van der Waals surface area contributed by atoms with E-state index in [1.54, 1.807) is 6.07 Å². The highest BCUT2D eigenvalue weighted by molar-refractivity contribution is 9.10. The molecule has 2 N–H and O–H groups in total. The summed E-state index contributed by atoms with van der Waals surface area (Å²) < 4.78 is 6.48. The molecule has 0 aliphatic carbocycles. The van der Waals surface area contributed by atoms with Gasteiger partial charge in [0, 0.05) is 22.6 Å². The second-order valence-corrected chi connectivity index (χ2v) is 5.68. The largest absolute Gasteiger partial charge is 0.504 e. The second kappa shape index (κ2) is 7.48. The lowest BCUT2D eigenvalue weighted by atomic mass is 10.1. The molecule has 0 heterocycles. The standard InChI is InChI=1S/C17H20BrNO2/c1-3-21-16-10-6-7-13(17(16)20)11-19-12(2)14-8-4-5-9-15(14)18/h4-10,12,19-20H,3,11H2,1-2H3/t12-/m1/s1. The topological polar surface area (TPSA) is 41.5 Å². The van der Waals surface area contributed by atoms with Gasteiger partial charge >= 0.3 is 0 Å². The molecule has 0 saturated carbocycles. The molecule has 21 heavy (non-hydrogen) atoms. The molecule has 0 aromatic heterocycles. The first-order valence-electron chi connectivity index (χ1n) is 7.05. The molecule has 2 aromatic rings. The van der Waals surface area contributed by atoms with Gasteiger partial charge in [-0.2, -0.15) is 0 Å². The first-order valence-corrected chi connectivity index (χ1v) is 7.84. The Morgan fingerprint density at radius 1 is 1.19 bits per heavy atom. The van der Waals surface area contributed by atoms with Crippen molar-refractivity contribution in [1.29, 1.82) is 0 Å². The summed E-state index contributed by atoms with van der Waals surface area (Å²) in [6.07, 6.45) is 0. The summed E-state index contributed by atoms with van der Waals surface area (Å²) in [4.78, 5) is 0. The molecule has 2 aromatic carbocycles. The summed E-state index contributed by atoms with van der Waals surface area (Å²) in [5.74, 6) is 0.747. The number of para-hydroxylation sites is 1. The molecule has 3 nitrogen and oxygen atoms in total. The van der Waals surface area contributed by atoms with E-state index < -0.39 is 0 Å². The molecule has 0 saturated heterocycles. The van der Waals surface area contributed by atoms with Crippen molar-refractivity contribution in [1.82, 2.24) is 5.32 Å². The zero-order valence-electron chi connectivity index (χ0n) is 12.3. The van der Waals surface area contributed by atoms with Gasteiger partial charge in [-0.3, -0.25) is 0 Å². The molecule has 0 fully saturated rings. The number of benzene rings is 2. The summed E-state index contributed by atoms with van der Waals surface area (Å²) in [5.41, 5.74) is 2.03. The quantitative estimate of drug-likeness (QED) is 0.811. The van der Waals surface area contributed by atoms with Crippen LogP contribution in [0.25, 0.3) is 0 Å². The summed E-state index contributed by atoms with van der Waals surface area (Å²) in [6.45, 7) is 5.12. The average Bonchev–Trinajstić information content (AvgIpc) is 2.48.